The first-order valence-corrected chi connectivity index (χ1v) is 9.77. The molecule has 0 saturated carbocycles. The summed E-state index contributed by atoms with van der Waals surface area (Å²) >= 11 is 0. The fourth-order valence-corrected chi connectivity index (χ4v) is 3.93. The van der Waals surface area contributed by atoms with E-state index in [-0.39, 0.29) is 24.8 Å². The summed E-state index contributed by atoms with van der Waals surface area (Å²) in [7, 11) is 0. The van der Waals surface area contributed by atoms with Crippen molar-refractivity contribution in [3.05, 3.63) is 65.7 Å². The minimum Gasteiger partial charge on any atom is -0.388 e. The highest BCUT2D eigenvalue weighted by atomic mass is 16.5. The largest absolute Gasteiger partial charge is 0.388 e. The molecule has 7 heteroatoms. The number of carbonyl (C=O) groups excluding carboxylic acids is 2. The number of hydrogen-bond donors (Lipinski definition) is 3. The van der Waals surface area contributed by atoms with Crippen molar-refractivity contribution < 1.29 is 24.5 Å². The van der Waals surface area contributed by atoms with Crippen molar-refractivity contribution in [2.45, 2.75) is 37.3 Å². The Balaban J connectivity index is 1.34. The zero-order valence-corrected chi connectivity index (χ0v) is 15.9. The molecule has 7 nitrogen and oxygen atoms in total. The van der Waals surface area contributed by atoms with Gasteiger partial charge in [-0.25, -0.2) is 0 Å². The molecular weight excluding hydrogens is 372 g/mol. The highest BCUT2D eigenvalue weighted by Gasteiger charge is 2.44. The maximum absolute atomic E-state index is 12.8. The molecule has 0 aliphatic carbocycles. The normalized spacial score (nSPS) is 25.7. The monoisotopic (exact) mass is 396 g/mol. The Morgan fingerprint density at radius 3 is 2.48 bits per heavy atom. The van der Waals surface area contributed by atoms with E-state index in [1.807, 2.05) is 30.3 Å². The Labute approximate surface area is 168 Å². The average molecular weight is 396 g/mol. The third-order valence-electron chi connectivity index (χ3n) is 5.53. The molecule has 0 radical (unpaired) electrons. The molecule has 0 aromatic heterocycles. The molecule has 29 heavy (non-hydrogen) atoms. The number of rotatable bonds is 5. The summed E-state index contributed by atoms with van der Waals surface area (Å²) in [4.78, 5) is 26.6. The average Bonchev–Trinajstić information content (AvgIpc) is 3.29. The van der Waals surface area contributed by atoms with Gasteiger partial charge in [-0.1, -0.05) is 36.4 Å². The number of nitrogens with zero attached hydrogens (tertiary/aromatic N) is 1. The maximum Gasteiger partial charge on any atom is 0.251 e. The van der Waals surface area contributed by atoms with Crippen LogP contribution in [0.3, 0.4) is 0 Å². The van der Waals surface area contributed by atoms with E-state index in [1.54, 1.807) is 29.2 Å². The van der Waals surface area contributed by atoms with Crippen LogP contribution in [0.1, 0.15) is 22.3 Å². The molecule has 2 aromatic carbocycles. The topological polar surface area (TPSA) is 99.1 Å². The van der Waals surface area contributed by atoms with Crippen LogP contribution in [-0.2, 0) is 16.0 Å². The Morgan fingerprint density at radius 2 is 1.69 bits per heavy atom. The van der Waals surface area contributed by atoms with Crippen molar-refractivity contribution in [2.75, 3.05) is 18.0 Å². The zero-order valence-electron chi connectivity index (χ0n) is 15.9. The molecular formula is C22H24N2O5. The number of benzene rings is 2. The van der Waals surface area contributed by atoms with E-state index in [9.17, 15) is 19.8 Å². The predicted octanol–water partition coefficient (Wildman–Crippen LogP) is 0.885. The van der Waals surface area contributed by atoms with Gasteiger partial charge >= 0.3 is 0 Å². The Morgan fingerprint density at radius 1 is 1.00 bits per heavy atom. The molecule has 0 bridgehead atoms. The second kappa shape index (κ2) is 8.32. The van der Waals surface area contributed by atoms with Gasteiger partial charge in [0.2, 0.25) is 5.91 Å². The first-order valence-electron chi connectivity index (χ1n) is 9.77. The molecule has 2 aromatic rings. The molecule has 152 valence electrons. The molecule has 2 aliphatic rings. The quantitative estimate of drug-likeness (QED) is 0.697. The van der Waals surface area contributed by atoms with Crippen LogP contribution in [0.15, 0.2) is 54.6 Å². The summed E-state index contributed by atoms with van der Waals surface area (Å²) in [5, 5.41) is 23.3. The fraction of sp³-hybridized carbons (Fsp3) is 0.364. The second-order valence-corrected chi connectivity index (χ2v) is 7.40. The van der Waals surface area contributed by atoms with Crippen molar-refractivity contribution in [1.29, 1.82) is 0 Å². The van der Waals surface area contributed by atoms with Gasteiger partial charge in [-0.3, -0.25) is 9.59 Å². The lowest BCUT2D eigenvalue weighted by Gasteiger charge is -2.21. The van der Waals surface area contributed by atoms with Crippen LogP contribution in [0.5, 0.6) is 0 Å². The Kier molecular flexibility index (Phi) is 5.62. The van der Waals surface area contributed by atoms with Gasteiger partial charge in [0.1, 0.15) is 18.3 Å². The lowest BCUT2D eigenvalue weighted by atomic mass is 10.0. The Bertz CT molecular complexity index is 888. The summed E-state index contributed by atoms with van der Waals surface area (Å²) in [6.07, 6.45) is -3.18. The molecule has 2 amide bonds. The number of aliphatic hydroxyl groups is 2. The smallest absolute Gasteiger partial charge is 0.251 e. The van der Waals surface area contributed by atoms with Gasteiger partial charge in [-0.2, -0.15) is 0 Å². The van der Waals surface area contributed by atoms with Crippen molar-refractivity contribution >= 4 is 17.5 Å². The third kappa shape index (κ3) is 4.03. The van der Waals surface area contributed by atoms with Crippen LogP contribution < -0.4 is 10.2 Å². The van der Waals surface area contributed by atoms with Crippen LogP contribution in [0.4, 0.5) is 5.69 Å². The molecule has 4 atom stereocenters. The molecule has 4 rings (SSSR count). The fourth-order valence-electron chi connectivity index (χ4n) is 3.93. The predicted molar refractivity (Wildman–Crippen MR) is 107 cm³/mol. The van der Waals surface area contributed by atoms with Gasteiger partial charge in [0.15, 0.2) is 0 Å². The molecule has 0 unspecified atom stereocenters. The Hall–Kier alpha value is -2.74. The molecule has 2 aliphatic heterocycles. The van der Waals surface area contributed by atoms with Crippen molar-refractivity contribution in [2.24, 2.45) is 0 Å². The van der Waals surface area contributed by atoms with E-state index >= 15 is 0 Å². The maximum atomic E-state index is 12.8. The van der Waals surface area contributed by atoms with Crippen LogP contribution >= 0.6 is 0 Å². The summed E-state index contributed by atoms with van der Waals surface area (Å²) in [6.45, 7) is 0.642. The summed E-state index contributed by atoms with van der Waals surface area (Å²) in [5.41, 5.74) is 2.51. The van der Waals surface area contributed by atoms with E-state index in [1.165, 1.54) is 0 Å². The van der Waals surface area contributed by atoms with Crippen LogP contribution in [0.2, 0.25) is 0 Å². The molecule has 3 N–H and O–H groups in total. The van der Waals surface area contributed by atoms with E-state index < -0.39 is 24.4 Å². The van der Waals surface area contributed by atoms with Gasteiger partial charge in [0.25, 0.3) is 5.91 Å². The number of para-hydroxylation sites is 1. The molecule has 1 fully saturated rings. The van der Waals surface area contributed by atoms with E-state index in [2.05, 4.69) is 5.32 Å². The number of aliphatic hydroxyl groups excluding tert-OH is 2. The lowest BCUT2D eigenvalue weighted by Crippen LogP contribution is -2.40. The van der Waals surface area contributed by atoms with E-state index in [0.717, 1.165) is 17.7 Å². The highest BCUT2D eigenvalue weighted by molar-refractivity contribution is 5.96. The van der Waals surface area contributed by atoms with Gasteiger partial charge in [-0.15, -0.1) is 0 Å². The standard InChI is InChI=1S/C22H24N2O5/c25-19(24-11-10-14-6-4-5-9-16(14)24)12-17-20(26)21(27)18(29-17)13-23-22(28)15-7-2-1-3-8-15/h1-9,17-18,20-21,26-27H,10-13H2,(H,23,28)/t17-,18+,20-,21+/m0/s1. The van der Waals surface area contributed by atoms with Crippen LogP contribution in [0.25, 0.3) is 0 Å². The third-order valence-corrected chi connectivity index (χ3v) is 5.53. The highest BCUT2D eigenvalue weighted by Crippen LogP contribution is 2.30. The minimum atomic E-state index is -1.18. The SMILES string of the molecule is O=C(NC[C@H]1O[C@@H](CC(=O)N2CCc3ccccc32)[C@H](O)[C@@H]1O)c1ccccc1. The number of fused-ring (bicyclic) bond motifs is 1. The number of nitrogens with one attached hydrogen (secondary N) is 1. The molecule has 2 heterocycles. The van der Waals surface area contributed by atoms with Crippen molar-refractivity contribution in [1.82, 2.24) is 5.32 Å². The van der Waals surface area contributed by atoms with Crippen LogP contribution in [0, 0.1) is 0 Å². The molecule has 0 spiro atoms. The first kappa shape index (κ1) is 19.6. The van der Waals surface area contributed by atoms with Gasteiger partial charge < -0.3 is 25.2 Å². The van der Waals surface area contributed by atoms with Gasteiger partial charge in [0, 0.05) is 24.3 Å². The number of carbonyl (C=O) groups is 2. The zero-order chi connectivity index (χ0) is 20.4. The first-order chi connectivity index (χ1) is 14.0. The van der Waals surface area contributed by atoms with E-state index in [0.29, 0.717) is 12.1 Å². The number of hydrogen-bond acceptors (Lipinski definition) is 5. The van der Waals surface area contributed by atoms with Crippen molar-refractivity contribution in [3.63, 3.8) is 0 Å². The summed E-state index contributed by atoms with van der Waals surface area (Å²) < 4.78 is 5.73. The van der Waals surface area contributed by atoms with Crippen molar-refractivity contribution in [3.8, 4) is 0 Å². The second-order valence-electron chi connectivity index (χ2n) is 7.40. The summed E-state index contributed by atoms with van der Waals surface area (Å²) in [6, 6.07) is 16.5. The number of anilines is 1. The van der Waals surface area contributed by atoms with Crippen LogP contribution in [-0.4, -0.2) is 59.5 Å². The van der Waals surface area contributed by atoms with Gasteiger partial charge in [-0.05, 0) is 30.2 Å². The number of amides is 2. The van der Waals surface area contributed by atoms with Gasteiger partial charge in [0.05, 0.1) is 12.5 Å². The molecule has 1 saturated heterocycles. The summed E-state index contributed by atoms with van der Waals surface area (Å²) in [5.74, 6) is -0.440. The minimum absolute atomic E-state index is 0.0321. The van der Waals surface area contributed by atoms with E-state index in [4.69, 9.17) is 4.74 Å². The lowest BCUT2D eigenvalue weighted by molar-refractivity contribution is -0.122. The number of ether oxygens (including phenoxy) is 1.